The van der Waals surface area contributed by atoms with Crippen LogP contribution in [0.15, 0.2) is 66.7 Å². The van der Waals surface area contributed by atoms with Crippen LogP contribution in [0.4, 0.5) is 5.69 Å². The van der Waals surface area contributed by atoms with Gasteiger partial charge in [-0.3, -0.25) is 4.79 Å². The number of anilines is 1. The molecule has 0 unspecified atom stereocenters. The zero-order valence-electron chi connectivity index (χ0n) is 14.9. The van der Waals surface area contributed by atoms with Gasteiger partial charge < -0.3 is 10.2 Å². The largest absolute Gasteiger partial charge is 0.372 e. The molecule has 0 spiro atoms. The molecule has 3 aromatic rings. The second-order valence-corrected chi connectivity index (χ2v) is 6.96. The average molecular weight is 344 g/mol. The monoisotopic (exact) mass is 344 g/mol. The molecule has 0 bridgehead atoms. The number of nitrogens with one attached hydrogen (secondary N) is 1. The Morgan fingerprint density at radius 1 is 0.846 bits per heavy atom. The Bertz CT molecular complexity index is 895. The number of nitrogens with zero attached hydrogens (tertiary/aromatic N) is 1. The standard InChI is InChI=1S/C23H24N2O/c26-23(20-10-12-22(13-11-20)25-14-4-1-5-15-25)24-17-18-8-9-19-6-2-3-7-21(19)16-18/h2-3,6-13,16H,1,4-5,14-15,17H2,(H,24,26). The van der Waals surface area contributed by atoms with Gasteiger partial charge in [0, 0.05) is 30.9 Å². The lowest BCUT2D eigenvalue weighted by molar-refractivity contribution is 0.0951. The van der Waals surface area contributed by atoms with E-state index in [9.17, 15) is 4.79 Å². The Morgan fingerprint density at radius 3 is 2.35 bits per heavy atom. The molecule has 4 rings (SSSR count). The quantitative estimate of drug-likeness (QED) is 0.740. The van der Waals surface area contributed by atoms with Gasteiger partial charge in [-0.1, -0.05) is 36.4 Å². The molecule has 1 aliphatic heterocycles. The van der Waals surface area contributed by atoms with E-state index in [2.05, 4.69) is 52.7 Å². The zero-order valence-corrected chi connectivity index (χ0v) is 14.9. The van der Waals surface area contributed by atoms with Gasteiger partial charge in [0.05, 0.1) is 0 Å². The molecule has 1 heterocycles. The Morgan fingerprint density at radius 2 is 1.58 bits per heavy atom. The minimum absolute atomic E-state index is 0.0247. The summed E-state index contributed by atoms with van der Waals surface area (Å²) in [5, 5.41) is 5.44. The van der Waals surface area contributed by atoms with E-state index in [0.29, 0.717) is 12.1 Å². The van der Waals surface area contributed by atoms with E-state index in [4.69, 9.17) is 0 Å². The zero-order chi connectivity index (χ0) is 17.8. The molecule has 1 saturated heterocycles. The van der Waals surface area contributed by atoms with Crippen LogP contribution < -0.4 is 10.2 Å². The molecule has 0 atom stereocenters. The number of hydrogen-bond donors (Lipinski definition) is 1. The highest BCUT2D eigenvalue weighted by molar-refractivity contribution is 5.94. The van der Waals surface area contributed by atoms with Crippen LogP contribution >= 0.6 is 0 Å². The summed E-state index contributed by atoms with van der Waals surface area (Å²) in [6.07, 6.45) is 3.84. The first-order valence-electron chi connectivity index (χ1n) is 9.40. The van der Waals surface area contributed by atoms with Crippen LogP contribution in [0.3, 0.4) is 0 Å². The van der Waals surface area contributed by atoms with Crippen molar-refractivity contribution >= 4 is 22.4 Å². The van der Waals surface area contributed by atoms with E-state index in [0.717, 1.165) is 18.7 Å². The van der Waals surface area contributed by atoms with Crippen LogP contribution in [0.2, 0.25) is 0 Å². The van der Waals surface area contributed by atoms with Gasteiger partial charge in [-0.15, -0.1) is 0 Å². The lowest BCUT2D eigenvalue weighted by Crippen LogP contribution is -2.29. The second-order valence-electron chi connectivity index (χ2n) is 6.96. The fraction of sp³-hybridized carbons (Fsp3) is 0.261. The molecule has 0 aromatic heterocycles. The fourth-order valence-corrected chi connectivity index (χ4v) is 3.61. The van der Waals surface area contributed by atoms with Crippen LogP contribution in [0.1, 0.15) is 35.2 Å². The number of carbonyl (C=O) groups excluding carboxylic acids is 1. The van der Waals surface area contributed by atoms with E-state index < -0.39 is 0 Å². The Balaban J connectivity index is 1.39. The van der Waals surface area contributed by atoms with E-state index in [1.807, 2.05) is 24.3 Å². The molecule has 3 heteroatoms. The summed E-state index contributed by atoms with van der Waals surface area (Å²) >= 11 is 0. The van der Waals surface area contributed by atoms with Crippen LogP contribution in [0, 0.1) is 0 Å². The number of benzene rings is 3. The third-order valence-electron chi connectivity index (χ3n) is 5.12. The first kappa shape index (κ1) is 16.6. The van der Waals surface area contributed by atoms with Gasteiger partial charge in [-0.2, -0.15) is 0 Å². The summed E-state index contributed by atoms with van der Waals surface area (Å²) in [5.74, 6) is -0.0247. The summed E-state index contributed by atoms with van der Waals surface area (Å²) in [6.45, 7) is 2.78. The summed E-state index contributed by atoms with van der Waals surface area (Å²) in [4.78, 5) is 14.8. The molecule has 1 fully saturated rings. The van der Waals surface area contributed by atoms with Gasteiger partial charge in [-0.25, -0.2) is 0 Å². The smallest absolute Gasteiger partial charge is 0.251 e. The summed E-state index contributed by atoms with van der Waals surface area (Å²) < 4.78 is 0. The highest BCUT2D eigenvalue weighted by Crippen LogP contribution is 2.20. The minimum Gasteiger partial charge on any atom is -0.372 e. The highest BCUT2D eigenvalue weighted by atomic mass is 16.1. The molecule has 3 aromatic carbocycles. The number of fused-ring (bicyclic) bond motifs is 1. The number of amides is 1. The number of rotatable bonds is 4. The van der Waals surface area contributed by atoms with Gasteiger partial charge >= 0.3 is 0 Å². The first-order valence-corrected chi connectivity index (χ1v) is 9.40. The third-order valence-corrected chi connectivity index (χ3v) is 5.12. The molecule has 1 N–H and O–H groups in total. The average Bonchev–Trinajstić information content (AvgIpc) is 2.72. The maximum Gasteiger partial charge on any atom is 0.251 e. The van der Waals surface area contributed by atoms with Crippen molar-refractivity contribution in [3.63, 3.8) is 0 Å². The third kappa shape index (κ3) is 3.72. The molecular weight excluding hydrogens is 320 g/mol. The van der Waals surface area contributed by atoms with Crippen molar-refractivity contribution < 1.29 is 4.79 Å². The van der Waals surface area contributed by atoms with Crippen molar-refractivity contribution in [2.45, 2.75) is 25.8 Å². The molecule has 1 aliphatic rings. The normalized spacial score (nSPS) is 14.4. The van der Waals surface area contributed by atoms with Crippen LogP contribution in [-0.2, 0) is 6.54 Å². The molecule has 0 aliphatic carbocycles. The van der Waals surface area contributed by atoms with Crippen molar-refractivity contribution in [2.24, 2.45) is 0 Å². The second kappa shape index (κ2) is 7.61. The van der Waals surface area contributed by atoms with Gasteiger partial charge in [0.15, 0.2) is 0 Å². The van der Waals surface area contributed by atoms with Crippen LogP contribution in [0.25, 0.3) is 10.8 Å². The van der Waals surface area contributed by atoms with Gasteiger partial charge in [0.1, 0.15) is 0 Å². The van der Waals surface area contributed by atoms with Gasteiger partial charge in [0.2, 0.25) is 0 Å². The number of piperidine rings is 1. The van der Waals surface area contributed by atoms with E-state index in [1.54, 1.807) is 0 Å². The molecule has 1 amide bonds. The number of carbonyl (C=O) groups is 1. The Kier molecular flexibility index (Phi) is 4.87. The summed E-state index contributed by atoms with van der Waals surface area (Å²) in [7, 11) is 0. The summed E-state index contributed by atoms with van der Waals surface area (Å²) in [6, 6.07) is 22.6. The van der Waals surface area contributed by atoms with Crippen LogP contribution in [-0.4, -0.2) is 19.0 Å². The Hall–Kier alpha value is -2.81. The van der Waals surface area contributed by atoms with Crippen molar-refractivity contribution in [3.05, 3.63) is 77.9 Å². The SMILES string of the molecule is O=C(NCc1ccc2ccccc2c1)c1ccc(N2CCCCC2)cc1. The van der Waals surface area contributed by atoms with Crippen LogP contribution in [0.5, 0.6) is 0 Å². The van der Waals surface area contributed by atoms with Crippen molar-refractivity contribution in [2.75, 3.05) is 18.0 Å². The predicted molar refractivity (Wildman–Crippen MR) is 108 cm³/mol. The summed E-state index contributed by atoms with van der Waals surface area (Å²) in [5.41, 5.74) is 3.05. The maximum atomic E-state index is 12.4. The maximum absolute atomic E-state index is 12.4. The minimum atomic E-state index is -0.0247. The molecule has 0 saturated carbocycles. The number of hydrogen-bond acceptors (Lipinski definition) is 2. The van der Waals surface area contributed by atoms with E-state index in [1.165, 1.54) is 35.7 Å². The van der Waals surface area contributed by atoms with Gasteiger partial charge in [0.25, 0.3) is 5.91 Å². The van der Waals surface area contributed by atoms with Crippen molar-refractivity contribution in [1.29, 1.82) is 0 Å². The van der Waals surface area contributed by atoms with Crippen molar-refractivity contribution in [3.8, 4) is 0 Å². The molecular formula is C23H24N2O. The first-order chi connectivity index (χ1) is 12.8. The molecule has 3 nitrogen and oxygen atoms in total. The molecule has 0 radical (unpaired) electrons. The van der Waals surface area contributed by atoms with E-state index in [-0.39, 0.29) is 5.91 Å². The predicted octanol–water partition coefficient (Wildman–Crippen LogP) is 4.76. The topological polar surface area (TPSA) is 32.3 Å². The Labute approximate surface area is 154 Å². The van der Waals surface area contributed by atoms with E-state index >= 15 is 0 Å². The molecule has 132 valence electrons. The molecule has 26 heavy (non-hydrogen) atoms. The van der Waals surface area contributed by atoms with Crippen molar-refractivity contribution in [1.82, 2.24) is 5.32 Å². The van der Waals surface area contributed by atoms with Gasteiger partial charge in [-0.05, 0) is 65.9 Å². The fourth-order valence-electron chi connectivity index (χ4n) is 3.61. The lowest BCUT2D eigenvalue weighted by Gasteiger charge is -2.28. The lowest BCUT2D eigenvalue weighted by atomic mass is 10.1. The highest BCUT2D eigenvalue weighted by Gasteiger charge is 2.12.